The first kappa shape index (κ1) is 17.3. The number of hydrogen-bond donors (Lipinski definition) is 1. The summed E-state index contributed by atoms with van der Waals surface area (Å²) in [6.07, 6.45) is -0.764. The molecule has 0 aliphatic heterocycles. The van der Waals surface area contributed by atoms with Crippen LogP contribution < -0.4 is 5.43 Å². The number of hydrazone groups is 1. The topological polar surface area (TPSA) is 93.8 Å². The molecule has 24 heavy (non-hydrogen) atoms. The van der Waals surface area contributed by atoms with E-state index < -0.39 is 16.9 Å². The second-order valence-electron chi connectivity index (χ2n) is 5.00. The monoisotopic (exact) mass is 327 g/mol. The molecule has 124 valence electrons. The lowest BCUT2D eigenvalue weighted by molar-refractivity contribution is -0.384. The molecule has 7 heteroatoms. The van der Waals surface area contributed by atoms with E-state index in [1.165, 1.54) is 19.2 Å². The first-order valence-corrected chi connectivity index (χ1v) is 7.19. The van der Waals surface area contributed by atoms with E-state index in [0.717, 1.165) is 5.56 Å². The lowest BCUT2D eigenvalue weighted by Gasteiger charge is -2.13. The summed E-state index contributed by atoms with van der Waals surface area (Å²) in [6.45, 7) is 1.70. The summed E-state index contributed by atoms with van der Waals surface area (Å²) in [5.74, 6) is -0.398. The van der Waals surface area contributed by atoms with Crippen LogP contribution in [0, 0.1) is 10.1 Å². The van der Waals surface area contributed by atoms with Gasteiger partial charge in [0.1, 0.15) is 0 Å². The highest BCUT2D eigenvalue weighted by atomic mass is 16.6. The summed E-state index contributed by atoms with van der Waals surface area (Å²) < 4.78 is 5.22. The van der Waals surface area contributed by atoms with Gasteiger partial charge in [-0.2, -0.15) is 5.10 Å². The van der Waals surface area contributed by atoms with Gasteiger partial charge in [0, 0.05) is 19.2 Å². The van der Waals surface area contributed by atoms with Crippen LogP contribution in [0.4, 0.5) is 5.69 Å². The van der Waals surface area contributed by atoms with Crippen LogP contribution in [0.15, 0.2) is 59.7 Å². The molecule has 0 saturated carbocycles. The Hall–Kier alpha value is -3.06. The SMILES string of the molecule is CO[C@@H](C(=O)N/N=C(/C)c1ccc([N+](=O)[O-])cc1)c1ccccc1. The maximum Gasteiger partial charge on any atom is 0.273 e. The number of nitrogens with one attached hydrogen (secondary N) is 1. The summed E-state index contributed by atoms with van der Waals surface area (Å²) in [7, 11) is 1.45. The average Bonchev–Trinajstić information content (AvgIpc) is 2.61. The molecule has 0 bridgehead atoms. The van der Waals surface area contributed by atoms with Gasteiger partial charge in [-0.25, -0.2) is 5.43 Å². The standard InChI is InChI=1S/C17H17N3O4/c1-12(13-8-10-15(11-9-13)20(22)23)18-19-17(21)16(24-2)14-6-4-3-5-7-14/h3-11,16H,1-2H3,(H,19,21)/b18-12-/t16-/m1/s1. The zero-order valence-electron chi connectivity index (χ0n) is 13.3. The maximum absolute atomic E-state index is 12.2. The molecule has 0 heterocycles. The minimum atomic E-state index is -0.764. The van der Waals surface area contributed by atoms with Gasteiger partial charge in [-0.1, -0.05) is 30.3 Å². The first-order valence-electron chi connectivity index (χ1n) is 7.19. The number of nitro groups is 1. The number of ether oxygens (including phenoxy) is 1. The van der Waals surface area contributed by atoms with Gasteiger partial charge in [0.05, 0.1) is 10.6 Å². The van der Waals surface area contributed by atoms with Gasteiger partial charge in [-0.05, 0) is 30.2 Å². The van der Waals surface area contributed by atoms with Crippen molar-refractivity contribution >= 4 is 17.3 Å². The Kier molecular flexibility index (Phi) is 5.75. The van der Waals surface area contributed by atoms with Crippen molar-refractivity contribution in [1.82, 2.24) is 5.43 Å². The van der Waals surface area contributed by atoms with Crippen molar-refractivity contribution in [1.29, 1.82) is 0 Å². The molecule has 0 saturated heterocycles. The predicted molar refractivity (Wildman–Crippen MR) is 89.6 cm³/mol. The van der Waals surface area contributed by atoms with Crippen molar-refractivity contribution < 1.29 is 14.5 Å². The van der Waals surface area contributed by atoms with Crippen LogP contribution >= 0.6 is 0 Å². The quantitative estimate of drug-likeness (QED) is 0.501. The molecular weight excluding hydrogens is 310 g/mol. The molecule has 7 nitrogen and oxygen atoms in total. The highest BCUT2D eigenvalue weighted by Gasteiger charge is 2.19. The van der Waals surface area contributed by atoms with E-state index in [-0.39, 0.29) is 5.69 Å². The number of hydrogen-bond acceptors (Lipinski definition) is 5. The minimum Gasteiger partial charge on any atom is -0.367 e. The van der Waals surface area contributed by atoms with Gasteiger partial charge >= 0.3 is 0 Å². The van der Waals surface area contributed by atoms with Crippen LogP contribution in [-0.2, 0) is 9.53 Å². The summed E-state index contributed by atoms with van der Waals surface area (Å²) in [6, 6.07) is 15.0. The minimum absolute atomic E-state index is 0.000824. The number of nitro benzene ring substituents is 1. The molecule has 2 aromatic rings. The van der Waals surface area contributed by atoms with Gasteiger partial charge in [-0.15, -0.1) is 0 Å². The van der Waals surface area contributed by atoms with Crippen molar-refractivity contribution in [3.8, 4) is 0 Å². The largest absolute Gasteiger partial charge is 0.367 e. The van der Waals surface area contributed by atoms with Crippen molar-refractivity contribution in [3.63, 3.8) is 0 Å². The smallest absolute Gasteiger partial charge is 0.273 e. The van der Waals surface area contributed by atoms with E-state index in [0.29, 0.717) is 11.3 Å². The van der Waals surface area contributed by atoms with Crippen LogP contribution in [0.1, 0.15) is 24.2 Å². The first-order chi connectivity index (χ1) is 11.5. The fourth-order valence-electron chi connectivity index (χ4n) is 2.11. The Morgan fingerprint density at radius 2 is 1.79 bits per heavy atom. The highest BCUT2D eigenvalue weighted by molar-refractivity contribution is 5.99. The molecule has 0 aliphatic rings. The van der Waals surface area contributed by atoms with Crippen LogP contribution in [0.5, 0.6) is 0 Å². The van der Waals surface area contributed by atoms with E-state index in [1.807, 2.05) is 18.2 Å². The lowest BCUT2D eigenvalue weighted by atomic mass is 10.1. The van der Waals surface area contributed by atoms with Crippen molar-refractivity contribution in [2.45, 2.75) is 13.0 Å². The molecule has 0 aromatic heterocycles. The number of methoxy groups -OCH3 is 1. The predicted octanol–water partition coefficient (Wildman–Crippen LogP) is 2.82. The van der Waals surface area contributed by atoms with E-state index >= 15 is 0 Å². The molecule has 0 fully saturated rings. The zero-order valence-corrected chi connectivity index (χ0v) is 13.3. The van der Waals surface area contributed by atoms with E-state index in [9.17, 15) is 14.9 Å². The van der Waals surface area contributed by atoms with Crippen molar-refractivity contribution in [2.24, 2.45) is 5.10 Å². The number of nitrogens with zero attached hydrogens (tertiary/aromatic N) is 2. The fourth-order valence-corrected chi connectivity index (χ4v) is 2.11. The van der Waals surface area contributed by atoms with Crippen LogP contribution in [0.2, 0.25) is 0 Å². The molecule has 0 unspecified atom stereocenters. The third kappa shape index (κ3) is 4.23. The Labute approximate surface area is 139 Å². The van der Waals surface area contributed by atoms with Gasteiger partial charge in [0.2, 0.25) is 0 Å². The van der Waals surface area contributed by atoms with Gasteiger partial charge in [0.15, 0.2) is 6.10 Å². The normalized spacial score (nSPS) is 12.5. The molecule has 1 N–H and O–H groups in total. The van der Waals surface area contributed by atoms with Gasteiger partial charge < -0.3 is 4.74 Å². The second kappa shape index (κ2) is 7.98. The number of benzene rings is 2. The molecule has 2 aromatic carbocycles. The van der Waals surface area contributed by atoms with Crippen molar-refractivity contribution in [3.05, 3.63) is 75.8 Å². The number of non-ortho nitro benzene ring substituents is 1. The van der Waals surface area contributed by atoms with Crippen molar-refractivity contribution in [2.75, 3.05) is 7.11 Å². The summed E-state index contributed by atoms with van der Waals surface area (Å²) >= 11 is 0. The third-order valence-corrected chi connectivity index (χ3v) is 3.41. The number of carbonyl (C=O) groups is 1. The summed E-state index contributed by atoms with van der Waals surface area (Å²) in [5, 5.41) is 14.7. The lowest BCUT2D eigenvalue weighted by Crippen LogP contribution is -2.27. The molecule has 1 atom stereocenters. The number of carbonyl (C=O) groups excluding carboxylic acids is 1. The maximum atomic E-state index is 12.2. The Morgan fingerprint density at radius 3 is 2.33 bits per heavy atom. The molecular formula is C17H17N3O4. The van der Waals surface area contributed by atoms with E-state index in [1.54, 1.807) is 31.2 Å². The molecule has 0 radical (unpaired) electrons. The van der Waals surface area contributed by atoms with Crippen LogP contribution in [0.3, 0.4) is 0 Å². The third-order valence-electron chi connectivity index (χ3n) is 3.41. The molecule has 0 spiro atoms. The molecule has 2 rings (SSSR count). The fraction of sp³-hybridized carbons (Fsp3) is 0.176. The second-order valence-corrected chi connectivity index (χ2v) is 5.00. The van der Waals surface area contributed by atoms with Gasteiger partial charge in [0.25, 0.3) is 11.6 Å². The van der Waals surface area contributed by atoms with E-state index in [2.05, 4.69) is 10.5 Å². The van der Waals surface area contributed by atoms with Gasteiger partial charge in [-0.3, -0.25) is 14.9 Å². The highest BCUT2D eigenvalue weighted by Crippen LogP contribution is 2.16. The average molecular weight is 327 g/mol. The summed E-state index contributed by atoms with van der Waals surface area (Å²) in [5.41, 5.74) is 4.38. The zero-order chi connectivity index (χ0) is 17.5. The number of amides is 1. The number of rotatable bonds is 6. The molecule has 1 amide bonds. The Morgan fingerprint density at radius 1 is 1.17 bits per heavy atom. The Bertz CT molecular complexity index is 742. The molecule has 0 aliphatic carbocycles. The van der Waals surface area contributed by atoms with E-state index in [4.69, 9.17) is 4.74 Å². The van der Waals surface area contributed by atoms with Crippen LogP contribution in [-0.4, -0.2) is 23.7 Å². The summed E-state index contributed by atoms with van der Waals surface area (Å²) in [4.78, 5) is 22.4. The van der Waals surface area contributed by atoms with Crippen LogP contribution in [0.25, 0.3) is 0 Å². The Balaban J connectivity index is 2.08.